The Balaban J connectivity index is 1.28. The first-order valence-electron chi connectivity index (χ1n) is 12.9. The van der Waals surface area contributed by atoms with Crippen molar-refractivity contribution in [2.45, 2.75) is 90.7 Å². The number of hydrogen-bond acceptors (Lipinski definition) is 4. The van der Waals surface area contributed by atoms with Crippen LogP contribution in [0.15, 0.2) is 12.4 Å². The van der Waals surface area contributed by atoms with Gasteiger partial charge in [-0.3, -0.25) is 9.48 Å². The number of rotatable bonds is 4. The van der Waals surface area contributed by atoms with Crippen LogP contribution in [-0.2, 0) is 11.3 Å². The normalized spacial score (nSPS) is 44.1. The van der Waals surface area contributed by atoms with Gasteiger partial charge in [0, 0.05) is 12.1 Å². The van der Waals surface area contributed by atoms with E-state index in [0.717, 1.165) is 42.4 Å². The van der Waals surface area contributed by atoms with E-state index >= 15 is 0 Å². The van der Waals surface area contributed by atoms with Gasteiger partial charge in [-0.2, -0.15) is 10.4 Å². The summed E-state index contributed by atoms with van der Waals surface area (Å²) in [5.41, 5.74) is 0.329. The molecule has 0 amide bonds. The van der Waals surface area contributed by atoms with E-state index in [-0.39, 0.29) is 23.7 Å². The summed E-state index contributed by atoms with van der Waals surface area (Å²) in [6.07, 6.45) is 14.0. The number of nitriles is 1. The molecule has 1 unspecified atom stereocenters. The molecule has 1 heterocycles. The highest BCUT2D eigenvalue weighted by atomic mass is 16.3. The van der Waals surface area contributed by atoms with Crippen molar-refractivity contribution in [3.05, 3.63) is 18.0 Å². The Morgan fingerprint density at radius 2 is 1.97 bits per heavy atom. The molecule has 0 aliphatic heterocycles. The molecule has 32 heavy (non-hydrogen) atoms. The molecule has 1 aromatic heterocycles. The van der Waals surface area contributed by atoms with Crippen molar-refractivity contribution in [1.82, 2.24) is 9.78 Å². The lowest BCUT2D eigenvalue weighted by Crippen LogP contribution is -2.51. The summed E-state index contributed by atoms with van der Waals surface area (Å²) in [7, 11) is 0. The smallest absolute Gasteiger partial charge is 0.157 e. The van der Waals surface area contributed by atoms with E-state index in [1.54, 1.807) is 10.9 Å². The van der Waals surface area contributed by atoms with Gasteiger partial charge in [-0.05, 0) is 106 Å². The highest BCUT2D eigenvalue weighted by molar-refractivity contribution is 5.80. The maximum Gasteiger partial charge on any atom is 0.157 e. The molecule has 0 bridgehead atoms. The SMILES string of the molecule is CC(C(=O)Cn1cc(C#N)cn1)[C@H]1CC[C@H]2[C@@H]3CC[C@@H]4C[C@](C)(O)CC[C@@H]4[C@H]3CC[C@]12C. The predicted molar refractivity (Wildman–Crippen MR) is 122 cm³/mol. The first-order valence-corrected chi connectivity index (χ1v) is 12.9. The van der Waals surface area contributed by atoms with Crippen LogP contribution < -0.4 is 0 Å². The van der Waals surface area contributed by atoms with E-state index in [2.05, 4.69) is 25.0 Å². The molecule has 0 aromatic carbocycles. The molecule has 5 rings (SSSR count). The van der Waals surface area contributed by atoms with Crippen LogP contribution in [0.3, 0.4) is 0 Å². The molecule has 0 saturated heterocycles. The van der Waals surface area contributed by atoms with Crippen LogP contribution in [0.25, 0.3) is 0 Å². The first-order chi connectivity index (χ1) is 15.2. The molecule has 4 fully saturated rings. The fourth-order valence-corrected chi connectivity index (χ4v) is 8.98. The average Bonchev–Trinajstić information content (AvgIpc) is 3.35. The summed E-state index contributed by atoms with van der Waals surface area (Å²) in [4.78, 5) is 13.2. The third kappa shape index (κ3) is 3.63. The van der Waals surface area contributed by atoms with Gasteiger partial charge in [-0.15, -0.1) is 0 Å². The van der Waals surface area contributed by atoms with Crippen LogP contribution in [0.4, 0.5) is 0 Å². The summed E-state index contributed by atoms with van der Waals surface area (Å²) in [5, 5.41) is 23.8. The van der Waals surface area contributed by atoms with Crippen molar-refractivity contribution in [2.75, 3.05) is 0 Å². The molecule has 1 aromatic rings. The Kier molecular flexibility index (Phi) is 5.52. The fraction of sp³-hybridized carbons (Fsp3) is 0.815. The summed E-state index contributed by atoms with van der Waals surface area (Å²) in [6, 6.07) is 2.09. The third-order valence-corrected chi connectivity index (χ3v) is 10.5. The van der Waals surface area contributed by atoms with Crippen molar-refractivity contribution < 1.29 is 9.90 Å². The zero-order valence-electron chi connectivity index (χ0n) is 20.0. The average molecular weight is 438 g/mol. The van der Waals surface area contributed by atoms with Gasteiger partial charge in [0.05, 0.1) is 23.9 Å². The molecule has 4 aliphatic rings. The van der Waals surface area contributed by atoms with Crippen molar-refractivity contribution >= 4 is 5.78 Å². The van der Waals surface area contributed by atoms with Crippen molar-refractivity contribution in [1.29, 1.82) is 5.26 Å². The molecular formula is C27H39N3O2. The molecule has 4 saturated carbocycles. The number of carbonyl (C=O) groups excluding carboxylic acids is 1. The van der Waals surface area contributed by atoms with Crippen LogP contribution in [0.2, 0.25) is 0 Å². The van der Waals surface area contributed by atoms with Crippen LogP contribution in [0.1, 0.15) is 84.1 Å². The minimum atomic E-state index is -0.450. The molecule has 4 aliphatic carbocycles. The van der Waals surface area contributed by atoms with Gasteiger partial charge in [0.1, 0.15) is 6.07 Å². The van der Waals surface area contributed by atoms with Crippen molar-refractivity contribution in [3.63, 3.8) is 0 Å². The topological polar surface area (TPSA) is 78.9 Å². The highest BCUT2D eigenvalue weighted by Crippen LogP contribution is 2.65. The minimum Gasteiger partial charge on any atom is -0.390 e. The molecule has 5 heteroatoms. The van der Waals surface area contributed by atoms with Crippen LogP contribution in [-0.4, -0.2) is 26.3 Å². The van der Waals surface area contributed by atoms with E-state index in [1.165, 1.54) is 51.1 Å². The highest BCUT2D eigenvalue weighted by Gasteiger charge is 2.58. The Hall–Kier alpha value is -1.67. The summed E-state index contributed by atoms with van der Waals surface area (Å²) in [5.74, 6) is 4.68. The number of hydrogen-bond donors (Lipinski definition) is 1. The van der Waals surface area contributed by atoms with Crippen molar-refractivity contribution in [2.24, 2.45) is 46.8 Å². The van der Waals surface area contributed by atoms with Crippen LogP contribution in [0.5, 0.6) is 0 Å². The summed E-state index contributed by atoms with van der Waals surface area (Å²) >= 11 is 0. The monoisotopic (exact) mass is 437 g/mol. The zero-order valence-corrected chi connectivity index (χ0v) is 20.0. The number of carbonyl (C=O) groups is 1. The largest absolute Gasteiger partial charge is 0.390 e. The zero-order chi connectivity index (χ0) is 22.7. The second kappa shape index (κ2) is 7.97. The van der Waals surface area contributed by atoms with Gasteiger partial charge >= 0.3 is 0 Å². The Labute approximate surface area is 192 Å². The fourth-order valence-electron chi connectivity index (χ4n) is 8.98. The second-order valence-corrected chi connectivity index (χ2v) is 12.2. The van der Waals surface area contributed by atoms with E-state index in [4.69, 9.17) is 5.26 Å². The molecule has 5 nitrogen and oxygen atoms in total. The summed E-state index contributed by atoms with van der Waals surface area (Å²) < 4.78 is 1.63. The standard InChI is InChI=1S/C27H39N3O2/c1-17(25(31)16-30-15-18(13-28)14-29-30)23-6-7-24-22-5-4-19-12-26(2,32)10-8-20(19)21(22)9-11-27(23,24)3/h14-15,17,19-24,32H,4-12,16H2,1-3H3/t17?,19-,20+,21-,22-,23-,24+,26-,27-/m1/s1. The first kappa shape index (κ1) is 22.1. The van der Waals surface area contributed by atoms with E-state index in [1.807, 2.05) is 6.92 Å². The lowest BCUT2D eigenvalue weighted by Gasteiger charge is -2.57. The van der Waals surface area contributed by atoms with E-state index in [0.29, 0.717) is 11.5 Å². The van der Waals surface area contributed by atoms with Crippen molar-refractivity contribution in [3.8, 4) is 6.07 Å². The Bertz CT molecular complexity index is 914. The maximum absolute atomic E-state index is 13.2. The van der Waals surface area contributed by atoms with Gasteiger partial charge in [0.15, 0.2) is 5.78 Å². The van der Waals surface area contributed by atoms with E-state index < -0.39 is 5.60 Å². The maximum atomic E-state index is 13.2. The van der Waals surface area contributed by atoms with Gasteiger partial charge in [-0.25, -0.2) is 0 Å². The lowest BCUT2D eigenvalue weighted by molar-refractivity contribution is -0.129. The Morgan fingerprint density at radius 1 is 1.19 bits per heavy atom. The molecule has 174 valence electrons. The van der Waals surface area contributed by atoms with Gasteiger partial charge < -0.3 is 5.11 Å². The van der Waals surface area contributed by atoms with Gasteiger partial charge in [-0.1, -0.05) is 13.8 Å². The molecule has 0 spiro atoms. The number of fused-ring (bicyclic) bond motifs is 5. The quantitative estimate of drug-likeness (QED) is 0.720. The number of nitrogens with zero attached hydrogens (tertiary/aromatic N) is 3. The number of aliphatic hydroxyl groups is 1. The number of ketones is 1. The lowest BCUT2D eigenvalue weighted by atomic mass is 9.48. The predicted octanol–water partition coefficient (Wildman–Crippen LogP) is 4.98. The van der Waals surface area contributed by atoms with Gasteiger partial charge in [0.25, 0.3) is 0 Å². The summed E-state index contributed by atoms with van der Waals surface area (Å²) in [6.45, 7) is 6.95. The number of aromatic nitrogens is 2. The number of Topliss-reactive ketones (excluding diaryl/α,β-unsaturated/α-hetero) is 1. The van der Waals surface area contributed by atoms with Gasteiger partial charge in [0.2, 0.25) is 0 Å². The second-order valence-electron chi connectivity index (χ2n) is 12.2. The molecule has 0 radical (unpaired) electrons. The minimum absolute atomic E-state index is 0.0393. The molecule has 1 N–H and O–H groups in total. The molecule has 9 atom stereocenters. The third-order valence-electron chi connectivity index (χ3n) is 10.5. The molecular weight excluding hydrogens is 398 g/mol. The Morgan fingerprint density at radius 3 is 2.72 bits per heavy atom. The van der Waals surface area contributed by atoms with Crippen LogP contribution in [0, 0.1) is 58.2 Å². The van der Waals surface area contributed by atoms with E-state index in [9.17, 15) is 9.90 Å². The van der Waals surface area contributed by atoms with Crippen LogP contribution >= 0.6 is 0 Å².